The average molecular weight is 286 g/mol. The SMILES string of the molecule is O=C1CCCCC1C1CCCCN1CCc1cccnc1. The van der Waals surface area contributed by atoms with E-state index in [9.17, 15) is 4.79 Å². The van der Waals surface area contributed by atoms with Crippen molar-refractivity contribution in [1.82, 2.24) is 9.88 Å². The minimum absolute atomic E-state index is 0.313. The third-order valence-corrected chi connectivity index (χ3v) is 5.14. The van der Waals surface area contributed by atoms with E-state index in [4.69, 9.17) is 0 Å². The maximum atomic E-state index is 12.3. The lowest BCUT2D eigenvalue weighted by molar-refractivity contribution is -0.127. The first-order valence-electron chi connectivity index (χ1n) is 8.50. The molecule has 2 unspecified atom stereocenters. The predicted molar refractivity (Wildman–Crippen MR) is 84.1 cm³/mol. The second-order valence-electron chi connectivity index (χ2n) is 6.53. The highest BCUT2D eigenvalue weighted by Crippen LogP contribution is 2.31. The summed E-state index contributed by atoms with van der Waals surface area (Å²) in [4.78, 5) is 19.1. The van der Waals surface area contributed by atoms with Crippen molar-refractivity contribution in [3.05, 3.63) is 30.1 Å². The quantitative estimate of drug-likeness (QED) is 0.852. The minimum atomic E-state index is 0.313. The number of ketones is 1. The summed E-state index contributed by atoms with van der Waals surface area (Å²) in [5.74, 6) is 0.840. The van der Waals surface area contributed by atoms with Gasteiger partial charge in [0.1, 0.15) is 5.78 Å². The van der Waals surface area contributed by atoms with Gasteiger partial charge in [-0.05, 0) is 50.3 Å². The molecule has 2 aliphatic rings. The monoisotopic (exact) mass is 286 g/mol. The molecule has 3 heteroatoms. The first kappa shape index (κ1) is 14.7. The van der Waals surface area contributed by atoms with Crippen LogP contribution in [0.5, 0.6) is 0 Å². The number of pyridine rings is 1. The van der Waals surface area contributed by atoms with Crippen LogP contribution in [0.3, 0.4) is 0 Å². The highest BCUT2D eigenvalue weighted by atomic mass is 16.1. The largest absolute Gasteiger partial charge is 0.299 e. The van der Waals surface area contributed by atoms with Gasteiger partial charge in [0.05, 0.1) is 0 Å². The molecule has 114 valence electrons. The van der Waals surface area contributed by atoms with Crippen LogP contribution in [-0.4, -0.2) is 34.8 Å². The van der Waals surface area contributed by atoms with Gasteiger partial charge in [0.25, 0.3) is 0 Å². The fourth-order valence-electron chi connectivity index (χ4n) is 3.99. The Bertz CT molecular complexity index is 460. The van der Waals surface area contributed by atoms with Crippen molar-refractivity contribution >= 4 is 5.78 Å². The Morgan fingerprint density at radius 1 is 1.19 bits per heavy atom. The topological polar surface area (TPSA) is 33.2 Å². The summed E-state index contributed by atoms with van der Waals surface area (Å²) in [6, 6.07) is 4.66. The number of rotatable bonds is 4. The van der Waals surface area contributed by atoms with Gasteiger partial charge in [-0.25, -0.2) is 0 Å². The highest BCUT2D eigenvalue weighted by Gasteiger charge is 2.34. The number of aromatic nitrogens is 1. The molecule has 21 heavy (non-hydrogen) atoms. The van der Waals surface area contributed by atoms with Crippen molar-refractivity contribution in [3.8, 4) is 0 Å². The molecule has 0 bridgehead atoms. The van der Waals surface area contributed by atoms with Gasteiger partial charge in [0.2, 0.25) is 0 Å². The molecular weight excluding hydrogens is 260 g/mol. The first-order chi connectivity index (χ1) is 10.3. The normalized spacial score (nSPS) is 27.7. The van der Waals surface area contributed by atoms with E-state index in [1.54, 1.807) is 0 Å². The van der Waals surface area contributed by atoms with Gasteiger partial charge in [0.15, 0.2) is 0 Å². The highest BCUT2D eigenvalue weighted by molar-refractivity contribution is 5.82. The van der Waals surface area contributed by atoms with Gasteiger partial charge in [-0.2, -0.15) is 0 Å². The smallest absolute Gasteiger partial charge is 0.137 e. The number of hydrogen-bond donors (Lipinski definition) is 0. The lowest BCUT2D eigenvalue weighted by Gasteiger charge is -2.41. The summed E-state index contributed by atoms with van der Waals surface area (Å²) >= 11 is 0. The number of carbonyl (C=O) groups is 1. The van der Waals surface area contributed by atoms with E-state index in [1.807, 2.05) is 18.5 Å². The van der Waals surface area contributed by atoms with Crippen LogP contribution in [0.15, 0.2) is 24.5 Å². The summed E-state index contributed by atoms with van der Waals surface area (Å²) < 4.78 is 0. The molecule has 3 rings (SSSR count). The molecular formula is C18H26N2O. The Balaban J connectivity index is 1.62. The second-order valence-corrected chi connectivity index (χ2v) is 6.53. The van der Waals surface area contributed by atoms with E-state index < -0.39 is 0 Å². The van der Waals surface area contributed by atoms with Crippen LogP contribution in [0, 0.1) is 5.92 Å². The van der Waals surface area contributed by atoms with Gasteiger partial charge in [-0.1, -0.05) is 18.9 Å². The van der Waals surface area contributed by atoms with Crippen molar-refractivity contribution in [2.24, 2.45) is 5.92 Å². The number of piperidine rings is 1. The Labute approximate surface area is 127 Å². The van der Waals surface area contributed by atoms with Gasteiger partial charge < -0.3 is 0 Å². The molecule has 1 saturated carbocycles. The van der Waals surface area contributed by atoms with E-state index >= 15 is 0 Å². The van der Waals surface area contributed by atoms with E-state index in [0.29, 0.717) is 17.7 Å². The van der Waals surface area contributed by atoms with Crippen molar-refractivity contribution in [1.29, 1.82) is 0 Å². The summed E-state index contributed by atoms with van der Waals surface area (Å²) in [5.41, 5.74) is 1.30. The molecule has 2 heterocycles. The van der Waals surface area contributed by atoms with Crippen molar-refractivity contribution in [3.63, 3.8) is 0 Å². The van der Waals surface area contributed by atoms with Crippen LogP contribution < -0.4 is 0 Å². The summed E-state index contributed by atoms with van der Waals surface area (Å²) in [6.45, 7) is 2.23. The molecule has 1 aromatic rings. The zero-order valence-electron chi connectivity index (χ0n) is 12.8. The van der Waals surface area contributed by atoms with Gasteiger partial charge in [-0.3, -0.25) is 14.7 Å². The van der Waals surface area contributed by atoms with Gasteiger partial charge in [0, 0.05) is 37.3 Å². The minimum Gasteiger partial charge on any atom is -0.299 e. The fourth-order valence-corrected chi connectivity index (χ4v) is 3.99. The number of hydrogen-bond acceptors (Lipinski definition) is 3. The maximum absolute atomic E-state index is 12.3. The molecule has 0 amide bonds. The summed E-state index contributed by atoms with van der Waals surface area (Å²) in [5, 5.41) is 0. The maximum Gasteiger partial charge on any atom is 0.137 e. The molecule has 0 N–H and O–H groups in total. The molecule has 1 aromatic heterocycles. The van der Waals surface area contributed by atoms with E-state index in [2.05, 4.69) is 16.0 Å². The van der Waals surface area contributed by atoms with E-state index in [-0.39, 0.29) is 0 Å². The number of carbonyl (C=O) groups excluding carboxylic acids is 1. The van der Waals surface area contributed by atoms with Crippen LogP contribution in [0.4, 0.5) is 0 Å². The van der Waals surface area contributed by atoms with Crippen molar-refractivity contribution < 1.29 is 4.79 Å². The van der Waals surface area contributed by atoms with Crippen LogP contribution in [0.25, 0.3) is 0 Å². The van der Waals surface area contributed by atoms with Crippen LogP contribution in [0.2, 0.25) is 0 Å². The second kappa shape index (κ2) is 7.17. The number of nitrogens with zero attached hydrogens (tertiary/aromatic N) is 2. The lowest BCUT2D eigenvalue weighted by atomic mass is 9.79. The molecule has 0 spiro atoms. The van der Waals surface area contributed by atoms with Crippen LogP contribution in [-0.2, 0) is 11.2 Å². The molecule has 1 aliphatic heterocycles. The Morgan fingerprint density at radius 2 is 2.10 bits per heavy atom. The molecule has 1 saturated heterocycles. The van der Waals surface area contributed by atoms with Gasteiger partial charge in [-0.15, -0.1) is 0 Å². The number of likely N-dealkylation sites (tertiary alicyclic amines) is 1. The predicted octanol–water partition coefficient (Wildman–Crippen LogP) is 3.24. The van der Waals surface area contributed by atoms with E-state index in [1.165, 1.54) is 31.2 Å². The van der Waals surface area contributed by atoms with Gasteiger partial charge >= 0.3 is 0 Å². The molecule has 0 radical (unpaired) electrons. The zero-order chi connectivity index (χ0) is 14.5. The standard InChI is InChI=1S/C18H26N2O/c21-18-9-2-1-7-16(18)17-8-3-4-12-20(17)13-10-15-6-5-11-19-14-15/h5-6,11,14,16-17H,1-4,7-10,12-13H2. The van der Waals surface area contributed by atoms with Crippen molar-refractivity contribution in [2.75, 3.05) is 13.1 Å². The Morgan fingerprint density at radius 3 is 2.90 bits per heavy atom. The fraction of sp³-hybridized carbons (Fsp3) is 0.667. The van der Waals surface area contributed by atoms with Crippen LogP contribution in [0.1, 0.15) is 50.5 Å². The third kappa shape index (κ3) is 3.70. The molecule has 3 nitrogen and oxygen atoms in total. The molecule has 2 fully saturated rings. The zero-order valence-corrected chi connectivity index (χ0v) is 12.8. The molecule has 1 aliphatic carbocycles. The first-order valence-corrected chi connectivity index (χ1v) is 8.50. The Kier molecular flexibility index (Phi) is 5.02. The molecule has 0 aromatic carbocycles. The third-order valence-electron chi connectivity index (χ3n) is 5.14. The van der Waals surface area contributed by atoms with Crippen LogP contribution >= 0.6 is 0 Å². The van der Waals surface area contributed by atoms with E-state index in [0.717, 1.165) is 38.8 Å². The number of Topliss-reactive ketones (excluding diaryl/α,β-unsaturated/α-hetero) is 1. The summed E-state index contributed by atoms with van der Waals surface area (Å²) in [6.07, 6.45) is 12.9. The molecule has 2 atom stereocenters. The Hall–Kier alpha value is -1.22. The van der Waals surface area contributed by atoms with Crippen molar-refractivity contribution in [2.45, 2.75) is 57.4 Å². The summed E-state index contributed by atoms with van der Waals surface area (Å²) in [7, 11) is 0. The lowest BCUT2D eigenvalue weighted by Crippen LogP contribution is -2.48. The average Bonchev–Trinajstić information content (AvgIpc) is 2.55.